The number of esters is 1. The Morgan fingerprint density at radius 3 is 2.63 bits per heavy atom. The average Bonchev–Trinajstić information content (AvgIpc) is 3.48. The smallest absolute Gasteiger partial charge is 0.416 e. The number of carbonyl (C=O) groups is 2. The molecule has 2 unspecified atom stereocenters. The van der Waals surface area contributed by atoms with Crippen LogP contribution in [-0.4, -0.2) is 28.8 Å². The number of nitrogens with zero attached hydrogens (tertiary/aromatic N) is 2. The number of anilines is 1. The largest absolute Gasteiger partial charge is 0.465 e. The molecule has 1 heterocycles. The Labute approximate surface area is 200 Å². The third kappa shape index (κ3) is 4.67. The summed E-state index contributed by atoms with van der Waals surface area (Å²) in [5, 5.41) is 7.22. The summed E-state index contributed by atoms with van der Waals surface area (Å²) in [6.07, 6.45) is 3.00. The highest BCUT2D eigenvalue weighted by Crippen LogP contribution is 2.49. The van der Waals surface area contributed by atoms with Gasteiger partial charge in [0.1, 0.15) is 0 Å². The van der Waals surface area contributed by atoms with Crippen LogP contribution in [0.25, 0.3) is 11.1 Å². The SMILES string of the molecule is COC(=O)c1cc(NC(=O)C2CC2c2cccc(C(F)(F)F)c2)ccc1-c1cnn(C2CCC2)c1. The summed E-state index contributed by atoms with van der Waals surface area (Å²) in [6.45, 7) is 0. The molecule has 1 aromatic heterocycles. The van der Waals surface area contributed by atoms with Crippen LogP contribution in [-0.2, 0) is 15.7 Å². The van der Waals surface area contributed by atoms with E-state index in [1.165, 1.54) is 19.6 Å². The van der Waals surface area contributed by atoms with Crippen LogP contribution in [0.1, 0.15) is 59.1 Å². The van der Waals surface area contributed by atoms with Gasteiger partial charge >= 0.3 is 12.1 Å². The Hall–Kier alpha value is -3.62. The third-order valence-electron chi connectivity index (χ3n) is 6.82. The minimum absolute atomic E-state index is 0.269. The van der Waals surface area contributed by atoms with Gasteiger partial charge in [0.15, 0.2) is 0 Å². The van der Waals surface area contributed by atoms with Gasteiger partial charge in [0.2, 0.25) is 5.91 Å². The molecular formula is C26H24F3N3O3. The molecule has 6 nitrogen and oxygen atoms in total. The number of hydrogen-bond acceptors (Lipinski definition) is 4. The molecule has 2 aliphatic carbocycles. The quantitative estimate of drug-likeness (QED) is 0.448. The molecule has 9 heteroatoms. The van der Waals surface area contributed by atoms with E-state index < -0.39 is 23.6 Å². The van der Waals surface area contributed by atoms with Gasteiger partial charge < -0.3 is 10.1 Å². The highest BCUT2D eigenvalue weighted by molar-refractivity contribution is 6.01. The topological polar surface area (TPSA) is 73.2 Å². The molecule has 0 bridgehead atoms. The van der Waals surface area contributed by atoms with Gasteiger partial charge in [-0.2, -0.15) is 18.3 Å². The normalized spacial score (nSPS) is 19.7. The lowest BCUT2D eigenvalue weighted by molar-refractivity contribution is -0.137. The second-order valence-corrected chi connectivity index (χ2v) is 9.11. The first-order valence-corrected chi connectivity index (χ1v) is 11.5. The van der Waals surface area contributed by atoms with Gasteiger partial charge in [-0.25, -0.2) is 4.79 Å². The first kappa shape index (κ1) is 23.1. The predicted molar refractivity (Wildman–Crippen MR) is 123 cm³/mol. The number of nitrogens with one attached hydrogen (secondary N) is 1. The van der Waals surface area contributed by atoms with Gasteiger partial charge in [-0.3, -0.25) is 9.48 Å². The molecule has 1 N–H and O–H groups in total. The maximum atomic E-state index is 13.0. The van der Waals surface area contributed by atoms with E-state index in [2.05, 4.69) is 10.4 Å². The molecule has 35 heavy (non-hydrogen) atoms. The van der Waals surface area contributed by atoms with Crippen molar-refractivity contribution in [2.75, 3.05) is 12.4 Å². The first-order valence-electron chi connectivity index (χ1n) is 11.5. The van der Waals surface area contributed by atoms with Crippen molar-refractivity contribution in [3.8, 4) is 11.1 Å². The first-order chi connectivity index (χ1) is 16.7. The van der Waals surface area contributed by atoms with Gasteiger partial charge in [-0.05, 0) is 60.9 Å². The highest BCUT2D eigenvalue weighted by atomic mass is 19.4. The Balaban J connectivity index is 1.32. The highest BCUT2D eigenvalue weighted by Gasteiger charge is 2.44. The number of alkyl halides is 3. The van der Waals surface area contributed by atoms with Crippen LogP contribution in [0.3, 0.4) is 0 Å². The number of rotatable bonds is 6. The number of methoxy groups -OCH3 is 1. The van der Waals surface area contributed by atoms with Crippen LogP contribution >= 0.6 is 0 Å². The maximum absolute atomic E-state index is 13.0. The number of amides is 1. The summed E-state index contributed by atoms with van der Waals surface area (Å²) in [5.41, 5.74) is 1.91. The van der Waals surface area contributed by atoms with Crippen LogP contribution in [0.15, 0.2) is 54.9 Å². The average molecular weight is 483 g/mol. The predicted octanol–water partition coefficient (Wildman–Crippen LogP) is 5.82. The van der Waals surface area contributed by atoms with E-state index in [-0.39, 0.29) is 11.8 Å². The van der Waals surface area contributed by atoms with Gasteiger partial charge in [0.25, 0.3) is 0 Å². The van der Waals surface area contributed by atoms with E-state index in [0.29, 0.717) is 34.8 Å². The summed E-state index contributed by atoms with van der Waals surface area (Å²) >= 11 is 0. The molecule has 5 rings (SSSR count). The van der Waals surface area contributed by atoms with Crippen molar-refractivity contribution in [2.45, 2.75) is 43.8 Å². The summed E-state index contributed by atoms with van der Waals surface area (Å²) in [4.78, 5) is 25.3. The number of ether oxygens (including phenoxy) is 1. The van der Waals surface area contributed by atoms with Crippen LogP contribution < -0.4 is 5.32 Å². The number of hydrogen-bond donors (Lipinski definition) is 1. The zero-order valence-corrected chi connectivity index (χ0v) is 19.0. The molecule has 2 aliphatic rings. The van der Waals surface area contributed by atoms with Gasteiger partial charge in [0, 0.05) is 23.4 Å². The summed E-state index contributed by atoms with van der Waals surface area (Å²) < 4.78 is 45.9. The molecule has 0 radical (unpaired) electrons. The van der Waals surface area contributed by atoms with Crippen molar-refractivity contribution in [1.82, 2.24) is 9.78 Å². The molecule has 0 aliphatic heterocycles. The fourth-order valence-corrected chi connectivity index (χ4v) is 4.51. The maximum Gasteiger partial charge on any atom is 0.416 e. The molecule has 3 aromatic rings. The molecule has 2 aromatic carbocycles. The summed E-state index contributed by atoms with van der Waals surface area (Å²) in [5.74, 6) is -1.54. The summed E-state index contributed by atoms with van der Waals surface area (Å²) in [6, 6.07) is 10.5. The lowest BCUT2D eigenvalue weighted by Crippen LogP contribution is -2.17. The van der Waals surface area contributed by atoms with E-state index >= 15 is 0 Å². The number of aromatic nitrogens is 2. The molecule has 0 spiro atoms. The van der Waals surface area contributed by atoms with Crippen molar-refractivity contribution >= 4 is 17.6 Å². The fourth-order valence-electron chi connectivity index (χ4n) is 4.51. The number of halogens is 3. The van der Waals surface area contributed by atoms with Gasteiger partial charge in [-0.1, -0.05) is 24.3 Å². The van der Waals surface area contributed by atoms with Crippen LogP contribution in [0, 0.1) is 5.92 Å². The summed E-state index contributed by atoms with van der Waals surface area (Å²) in [7, 11) is 1.29. The molecule has 182 valence electrons. The van der Waals surface area contributed by atoms with Crippen molar-refractivity contribution in [3.05, 3.63) is 71.5 Å². The van der Waals surface area contributed by atoms with E-state index in [1.807, 2.05) is 10.9 Å². The minimum Gasteiger partial charge on any atom is -0.465 e. The molecule has 2 atom stereocenters. The molecule has 1 amide bonds. The Kier molecular flexibility index (Phi) is 5.86. The minimum atomic E-state index is -4.43. The monoisotopic (exact) mass is 483 g/mol. The zero-order chi connectivity index (χ0) is 24.7. The van der Waals surface area contributed by atoms with Crippen molar-refractivity contribution in [1.29, 1.82) is 0 Å². The second kappa shape index (κ2) is 8.87. The number of carbonyl (C=O) groups excluding carboxylic acids is 2. The zero-order valence-electron chi connectivity index (χ0n) is 19.0. The second-order valence-electron chi connectivity index (χ2n) is 9.11. The fraction of sp³-hybridized carbons (Fsp3) is 0.346. The molecule has 0 saturated heterocycles. The lowest BCUT2D eigenvalue weighted by Gasteiger charge is -2.25. The van der Waals surface area contributed by atoms with Crippen molar-refractivity contribution in [3.63, 3.8) is 0 Å². The third-order valence-corrected chi connectivity index (χ3v) is 6.82. The van der Waals surface area contributed by atoms with Crippen LogP contribution in [0.5, 0.6) is 0 Å². The number of benzene rings is 2. The van der Waals surface area contributed by atoms with E-state index in [4.69, 9.17) is 4.74 Å². The van der Waals surface area contributed by atoms with Crippen molar-refractivity contribution in [2.24, 2.45) is 5.92 Å². The Morgan fingerprint density at radius 1 is 1.14 bits per heavy atom. The van der Waals surface area contributed by atoms with Crippen LogP contribution in [0.4, 0.5) is 18.9 Å². The standard InChI is InChI=1S/C26H24F3N3O3/c1-35-25(34)23-11-18(8-9-20(23)16-13-30-32(14-16)19-6-3-7-19)31-24(33)22-12-21(22)15-4-2-5-17(10-15)26(27,28)29/h2,4-5,8-11,13-14,19,21-22H,3,6-7,12H2,1H3,(H,31,33). The Morgan fingerprint density at radius 2 is 1.94 bits per heavy atom. The van der Waals surface area contributed by atoms with Gasteiger partial charge in [-0.15, -0.1) is 0 Å². The van der Waals surface area contributed by atoms with E-state index in [1.54, 1.807) is 30.5 Å². The molecule has 2 saturated carbocycles. The Bertz CT molecular complexity index is 1280. The van der Waals surface area contributed by atoms with Crippen LogP contribution in [0.2, 0.25) is 0 Å². The van der Waals surface area contributed by atoms with Crippen molar-refractivity contribution < 1.29 is 27.5 Å². The van der Waals surface area contributed by atoms with E-state index in [0.717, 1.165) is 30.5 Å². The van der Waals surface area contributed by atoms with E-state index in [9.17, 15) is 22.8 Å². The molecule has 2 fully saturated rings. The van der Waals surface area contributed by atoms with Gasteiger partial charge in [0.05, 0.1) is 30.5 Å². The lowest BCUT2D eigenvalue weighted by atomic mass is 9.93. The molecular weight excluding hydrogens is 459 g/mol.